The maximum absolute atomic E-state index is 11.7. The van der Waals surface area contributed by atoms with E-state index in [9.17, 15) is 9.59 Å². The molecule has 1 aromatic rings. The number of carbonyl (C=O) groups is 2. The highest BCUT2D eigenvalue weighted by atomic mass is 16.2. The SMILES string of the molecule is O=C1CNC(C(=O)NCCCc2ncn[nH]2)CN1. The first-order valence-electron chi connectivity index (χ1n) is 5.88. The number of hydrogen-bond acceptors (Lipinski definition) is 5. The Morgan fingerprint density at radius 2 is 2.44 bits per heavy atom. The first-order valence-corrected chi connectivity index (χ1v) is 5.88. The van der Waals surface area contributed by atoms with E-state index in [1.54, 1.807) is 0 Å². The van der Waals surface area contributed by atoms with Crippen LogP contribution in [0.25, 0.3) is 0 Å². The summed E-state index contributed by atoms with van der Waals surface area (Å²) in [6.07, 6.45) is 3.00. The number of amides is 2. The van der Waals surface area contributed by atoms with Crippen molar-refractivity contribution in [3.63, 3.8) is 0 Å². The largest absolute Gasteiger partial charge is 0.355 e. The number of piperazine rings is 1. The topological polar surface area (TPSA) is 112 Å². The van der Waals surface area contributed by atoms with Gasteiger partial charge in [-0.3, -0.25) is 20.0 Å². The molecule has 1 fully saturated rings. The zero-order chi connectivity index (χ0) is 12.8. The first-order chi connectivity index (χ1) is 8.75. The molecular weight excluding hydrogens is 236 g/mol. The summed E-state index contributed by atoms with van der Waals surface area (Å²) in [6, 6.07) is -0.340. The average molecular weight is 252 g/mol. The van der Waals surface area contributed by atoms with Crippen LogP contribution in [0.5, 0.6) is 0 Å². The minimum atomic E-state index is -0.340. The molecule has 8 heteroatoms. The Balaban J connectivity index is 1.61. The van der Waals surface area contributed by atoms with Crippen LogP contribution in [0, 0.1) is 0 Å². The molecule has 8 nitrogen and oxygen atoms in total. The number of hydrogen-bond donors (Lipinski definition) is 4. The van der Waals surface area contributed by atoms with Crippen LogP contribution in [0.3, 0.4) is 0 Å². The van der Waals surface area contributed by atoms with Crippen molar-refractivity contribution in [2.45, 2.75) is 18.9 Å². The van der Waals surface area contributed by atoms with Crippen molar-refractivity contribution in [1.82, 2.24) is 31.1 Å². The second-order valence-corrected chi connectivity index (χ2v) is 4.06. The lowest BCUT2D eigenvalue weighted by molar-refractivity contribution is -0.126. The molecule has 0 bridgehead atoms. The van der Waals surface area contributed by atoms with Gasteiger partial charge in [-0.15, -0.1) is 0 Å². The van der Waals surface area contributed by atoms with Crippen LogP contribution in [0.15, 0.2) is 6.33 Å². The number of aryl methyl sites for hydroxylation is 1. The summed E-state index contributed by atoms with van der Waals surface area (Å²) in [4.78, 5) is 26.6. The molecule has 2 heterocycles. The van der Waals surface area contributed by atoms with Crippen molar-refractivity contribution in [2.24, 2.45) is 0 Å². The Labute approximate surface area is 104 Å². The number of nitrogens with one attached hydrogen (secondary N) is 4. The third kappa shape index (κ3) is 3.52. The molecule has 1 aromatic heterocycles. The number of H-pyrrole nitrogens is 1. The van der Waals surface area contributed by atoms with Gasteiger partial charge in [-0.2, -0.15) is 5.10 Å². The van der Waals surface area contributed by atoms with Gasteiger partial charge < -0.3 is 10.6 Å². The van der Waals surface area contributed by atoms with Crippen molar-refractivity contribution < 1.29 is 9.59 Å². The van der Waals surface area contributed by atoms with E-state index >= 15 is 0 Å². The van der Waals surface area contributed by atoms with Crippen molar-refractivity contribution in [3.8, 4) is 0 Å². The molecule has 0 aromatic carbocycles. The van der Waals surface area contributed by atoms with E-state index in [0.29, 0.717) is 13.1 Å². The molecule has 2 rings (SSSR count). The lowest BCUT2D eigenvalue weighted by atomic mass is 10.2. The van der Waals surface area contributed by atoms with Crippen molar-refractivity contribution >= 4 is 11.8 Å². The lowest BCUT2D eigenvalue weighted by Crippen LogP contribution is -2.58. The summed E-state index contributed by atoms with van der Waals surface area (Å²) < 4.78 is 0. The molecule has 1 aliphatic heterocycles. The van der Waals surface area contributed by atoms with Gasteiger partial charge in [0.15, 0.2) is 0 Å². The van der Waals surface area contributed by atoms with Crippen LogP contribution in [0.4, 0.5) is 0 Å². The molecule has 2 amide bonds. The molecule has 1 saturated heterocycles. The fraction of sp³-hybridized carbons (Fsp3) is 0.600. The first kappa shape index (κ1) is 12.5. The van der Waals surface area contributed by atoms with E-state index < -0.39 is 0 Å². The van der Waals surface area contributed by atoms with Gasteiger partial charge in [0.2, 0.25) is 11.8 Å². The van der Waals surface area contributed by atoms with Gasteiger partial charge in [0.05, 0.1) is 6.54 Å². The highest BCUT2D eigenvalue weighted by Gasteiger charge is 2.22. The fourth-order valence-electron chi connectivity index (χ4n) is 1.69. The van der Waals surface area contributed by atoms with E-state index in [1.165, 1.54) is 6.33 Å². The average Bonchev–Trinajstić information content (AvgIpc) is 2.88. The summed E-state index contributed by atoms with van der Waals surface area (Å²) >= 11 is 0. The molecular formula is C10H16N6O2. The molecule has 4 N–H and O–H groups in total. The fourth-order valence-corrected chi connectivity index (χ4v) is 1.69. The summed E-state index contributed by atoms with van der Waals surface area (Å²) in [5.74, 6) is 0.643. The van der Waals surface area contributed by atoms with Gasteiger partial charge in [-0.25, -0.2) is 4.98 Å². The molecule has 0 aliphatic carbocycles. The van der Waals surface area contributed by atoms with Crippen molar-refractivity contribution in [3.05, 3.63) is 12.2 Å². The second-order valence-electron chi connectivity index (χ2n) is 4.06. The standard InChI is InChI=1S/C10H16N6O2/c17-9-5-12-7(4-13-9)10(18)11-3-1-2-8-14-6-15-16-8/h6-7,12H,1-5H2,(H,11,18)(H,13,17)(H,14,15,16). The highest BCUT2D eigenvalue weighted by Crippen LogP contribution is 1.93. The number of carbonyl (C=O) groups excluding carboxylic acids is 2. The minimum absolute atomic E-state index is 0.0793. The third-order valence-electron chi connectivity index (χ3n) is 2.68. The van der Waals surface area contributed by atoms with Crippen molar-refractivity contribution in [1.29, 1.82) is 0 Å². The zero-order valence-corrected chi connectivity index (χ0v) is 9.90. The maximum atomic E-state index is 11.7. The number of rotatable bonds is 5. The molecule has 18 heavy (non-hydrogen) atoms. The van der Waals surface area contributed by atoms with Gasteiger partial charge in [-0.1, -0.05) is 0 Å². The van der Waals surface area contributed by atoms with E-state index in [1.807, 2.05) is 0 Å². The van der Waals surface area contributed by atoms with E-state index in [2.05, 4.69) is 31.1 Å². The number of aromatic nitrogens is 3. The van der Waals surface area contributed by atoms with Gasteiger partial charge in [-0.05, 0) is 6.42 Å². The minimum Gasteiger partial charge on any atom is -0.355 e. The Hall–Kier alpha value is -1.96. The summed E-state index contributed by atoms with van der Waals surface area (Å²) in [5, 5.41) is 14.8. The second kappa shape index (κ2) is 6.10. The molecule has 0 radical (unpaired) electrons. The predicted molar refractivity (Wildman–Crippen MR) is 62.5 cm³/mol. The maximum Gasteiger partial charge on any atom is 0.238 e. The Kier molecular flexibility index (Phi) is 4.24. The zero-order valence-electron chi connectivity index (χ0n) is 9.90. The summed E-state index contributed by atoms with van der Waals surface area (Å²) in [5.41, 5.74) is 0. The third-order valence-corrected chi connectivity index (χ3v) is 2.68. The molecule has 1 aliphatic rings. The monoisotopic (exact) mass is 252 g/mol. The van der Waals surface area contributed by atoms with Crippen LogP contribution in [0.1, 0.15) is 12.2 Å². The van der Waals surface area contributed by atoms with Crippen LogP contribution in [-0.4, -0.2) is 52.7 Å². The Morgan fingerprint density at radius 1 is 1.56 bits per heavy atom. The van der Waals surface area contributed by atoms with E-state index in [0.717, 1.165) is 18.7 Å². The molecule has 98 valence electrons. The quantitative estimate of drug-likeness (QED) is 0.450. The summed E-state index contributed by atoms with van der Waals surface area (Å²) in [6.45, 7) is 1.11. The lowest BCUT2D eigenvalue weighted by Gasteiger charge is -2.23. The van der Waals surface area contributed by atoms with Crippen LogP contribution < -0.4 is 16.0 Å². The number of aromatic amines is 1. The Bertz CT molecular complexity index is 395. The van der Waals surface area contributed by atoms with Gasteiger partial charge in [0, 0.05) is 19.5 Å². The predicted octanol–water partition coefficient (Wildman–Crippen LogP) is -2.06. The van der Waals surface area contributed by atoms with Crippen LogP contribution in [0.2, 0.25) is 0 Å². The molecule has 0 spiro atoms. The van der Waals surface area contributed by atoms with Gasteiger partial charge in [0.1, 0.15) is 18.2 Å². The van der Waals surface area contributed by atoms with Gasteiger partial charge >= 0.3 is 0 Å². The summed E-state index contributed by atoms with van der Waals surface area (Å²) in [7, 11) is 0. The highest BCUT2D eigenvalue weighted by molar-refractivity contribution is 5.86. The molecule has 1 unspecified atom stereocenters. The van der Waals surface area contributed by atoms with Crippen molar-refractivity contribution in [2.75, 3.05) is 19.6 Å². The number of nitrogens with zero attached hydrogens (tertiary/aromatic N) is 2. The van der Waals surface area contributed by atoms with Crippen LogP contribution in [-0.2, 0) is 16.0 Å². The normalized spacial score (nSPS) is 19.3. The van der Waals surface area contributed by atoms with Gasteiger partial charge in [0.25, 0.3) is 0 Å². The molecule has 0 saturated carbocycles. The van der Waals surface area contributed by atoms with Crippen LogP contribution >= 0.6 is 0 Å². The molecule has 1 atom stereocenters. The smallest absolute Gasteiger partial charge is 0.238 e. The Morgan fingerprint density at radius 3 is 3.11 bits per heavy atom. The van der Waals surface area contributed by atoms with E-state index in [4.69, 9.17) is 0 Å². The van der Waals surface area contributed by atoms with E-state index in [-0.39, 0.29) is 24.4 Å².